The third-order valence-corrected chi connectivity index (χ3v) is 8.56. The molecule has 1 heterocycles. The van der Waals surface area contributed by atoms with E-state index in [1.54, 1.807) is 36.4 Å². The number of rotatable bonds is 12. The summed E-state index contributed by atoms with van der Waals surface area (Å²) < 4.78 is 1.52. The summed E-state index contributed by atoms with van der Waals surface area (Å²) in [5.41, 5.74) is 9.42. The summed E-state index contributed by atoms with van der Waals surface area (Å²) in [6, 6.07) is 23.0. The van der Waals surface area contributed by atoms with Gasteiger partial charge in [0.05, 0.1) is 11.9 Å². The van der Waals surface area contributed by atoms with Crippen LogP contribution in [-0.4, -0.2) is 33.5 Å². The predicted octanol–water partition coefficient (Wildman–Crippen LogP) is 5.81. The van der Waals surface area contributed by atoms with Gasteiger partial charge >= 0.3 is 0 Å². The van der Waals surface area contributed by atoms with E-state index >= 15 is 0 Å². The molecule has 1 atom stereocenters. The molecule has 0 aliphatic heterocycles. The molecule has 4 aromatic rings. The Hall–Kier alpha value is -4.63. The van der Waals surface area contributed by atoms with Crippen LogP contribution >= 0.6 is 11.6 Å². The Morgan fingerprint density at radius 2 is 1.49 bits per heavy atom. The Morgan fingerprint density at radius 3 is 2.18 bits per heavy atom. The fourth-order valence-corrected chi connectivity index (χ4v) is 5.79. The van der Waals surface area contributed by atoms with Crippen molar-refractivity contribution in [2.24, 2.45) is 5.92 Å². The van der Waals surface area contributed by atoms with Crippen LogP contribution in [0.15, 0.2) is 85.1 Å². The van der Waals surface area contributed by atoms with Crippen molar-refractivity contribution in [1.29, 1.82) is 0 Å². The minimum atomic E-state index is -0.645. The molecule has 9 nitrogen and oxygen atoms in total. The van der Waals surface area contributed by atoms with E-state index in [-0.39, 0.29) is 35.6 Å². The Balaban J connectivity index is 1.17. The number of aromatic nitrogens is 2. The average molecular weight is 627 g/mol. The van der Waals surface area contributed by atoms with Crippen molar-refractivity contribution in [3.8, 4) is 5.69 Å². The molecule has 234 valence electrons. The molecule has 1 aliphatic carbocycles. The molecule has 1 fully saturated rings. The summed E-state index contributed by atoms with van der Waals surface area (Å²) in [5.74, 6) is -0.0344. The van der Waals surface area contributed by atoms with Crippen molar-refractivity contribution < 1.29 is 14.4 Å². The lowest BCUT2D eigenvalue weighted by Gasteiger charge is -2.24. The standard InChI is InChI=1S/C35H39ClN6O3/c36-28-18-13-26(14-19-28)22-39-35(45)31(20-15-24-7-3-1-4-8-24)41-33(43)27-16-11-25(12-17-27)21-38-34(44)30-23-40-42(32(30)37)29-9-5-2-6-10-29/h2,5-6,9-14,16-19,23-24,31H,1,3-4,7-8,15,20-22,37H2,(H,38,44)(H,39,45)(H,41,43)/t31-/m0/s1. The summed E-state index contributed by atoms with van der Waals surface area (Å²) in [7, 11) is 0. The number of nitrogens with two attached hydrogens (primary N) is 1. The predicted molar refractivity (Wildman–Crippen MR) is 176 cm³/mol. The van der Waals surface area contributed by atoms with Crippen LogP contribution in [0.25, 0.3) is 5.69 Å². The molecular weight excluding hydrogens is 588 g/mol. The Kier molecular flexibility index (Phi) is 10.9. The third kappa shape index (κ3) is 8.73. The second-order valence-electron chi connectivity index (χ2n) is 11.5. The fourth-order valence-electron chi connectivity index (χ4n) is 5.66. The zero-order valence-corrected chi connectivity index (χ0v) is 25.9. The summed E-state index contributed by atoms with van der Waals surface area (Å²) in [5, 5.41) is 13.7. The van der Waals surface area contributed by atoms with Gasteiger partial charge in [-0.1, -0.05) is 86.2 Å². The zero-order valence-electron chi connectivity index (χ0n) is 25.2. The Bertz CT molecular complexity index is 1580. The van der Waals surface area contributed by atoms with Crippen molar-refractivity contribution in [1.82, 2.24) is 25.7 Å². The number of nitrogens with zero attached hydrogens (tertiary/aromatic N) is 2. The Morgan fingerprint density at radius 1 is 0.844 bits per heavy atom. The molecule has 3 amide bonds. The second-order valence-corrected chi connectivity index (χ2v) is 12.0. The highest BCUT2D eigenvalue weighted by atomic mass is 35.5. The molecule has 5 rings (SSSR count). The van der Waals surface area contributed by atoms with Gasteiger partial charge in [-0.25, -0.2) is 4.68 Å². The van der Waals surface area contributed by atoms with Gasteiger partial charge in [0.25, 0.3) is 11.8 Å². The molecule has 1 aromatic heterocycles. The van der Waals surface area contributed by atoms with Crippen LogP contribution in [0.5, 0.6) is 0 Å². The third-order valence-electron chi connectivity index (χ3n) is 8.31. The van der Waals surface area contributed by atoms with Crippen LogP contribution in [0, 0.1) is 5.92 Å². The number of halogens is 1. The van der Waals surface area contributed by atoms with E-state index in [1.165, 1.54) is 43.0 Å². The molecular formula is C35H39ClN6O3. The number of hydrogen-bond donors (Lipinski definition) is 4. The van der Waals surface area contributed by atoms with Gasteiger partial charge in [0.1, 0.15) is 17.4 Å². The number of amides is 3. The number of benzene rings is 3. The van der Waals surface area contributed by atoms with Crippen LogP contribution in [0.1, 0.15) is 76.8 Å². The molecule has 45 heavy (non-hydrogen) atoms. The minimum Gasteiger partial charge on any atom is -0.383 e. The largest absolute Gasteiger partial charge is 0.383 e. The summed E-state index contributed by atoms with van der Waals surface area (Å²) >= 11 is 5.99. The van der Waals surface area contributed by atoms with E-state index in [2.05, 4.69) is 21.0 Å². The van der Waals surface area contributed by atoms with Crippen molar-refractivity contribution in [3.63, 3.8) is 0 Å². The number of nitrogens with one attached hydrogen (secondary N) is 3. The highest BCUT2D eigenvalue weighted by molar-refractivity contribution is 6.30. The lowest BCUT2D eigenvalue weighted by Crippen LogP contribution is -2.46. The highest BCUT2D eigenvalue weighted by Gasteiger charge is 2.24. The first-order valence-electron chi connectivity index (χ1n) is 15.5. The maximum Gasteiger partial charge on any atom is 0.256 e. The molecule has 10 heteroatoms. The molecule has 1 saturated carbocycles. The van der Waals surface area contributed by atoms with E-state index in [0.717, 1.165) is 23.2 Å². The van der Waals surface area contributed by atoms with Crippen molar-refractivity contribution in [2.75, 3.05) is 5.73 Å². The zero-order chi connectivity index (χ0) is 31.6. The molecule has 0 saturated heterocycles. The number of nitrogen functional groups attached to an aromatic ring is 1. The van der Waals surface area contributed by atoms with Crippen molar-refractivity contribution in [2.45, 2.75) is 64.1 Å². The molecule has 0 spiro atoms. The molecule has 5 N–H and O–H groups in total. The van der Waals surface area contributed by atoms with Crippen molar-refractivity contribution in [3.05, 3.63) is 112 Å². The maximum absolute atomic E-state index is 13.2. The summed E-state index contributed by atoms with van der Waals surface area (Å²) in [6.45, 7) is 0.596. The highest BCUT2D eigenvalue weighted by Crippen LogP contribution is 2.28. The van der Waals surface area contributed by atoms with Gasteiger partial charge in [-0.2, -0.15) is 5.10 Å². The number of carbonyl (C=O) groups excluding carboxylic acids is 3. The number of para-hydroxylation sites is 1. The number of anilines is 1. The normalized spacial score (nSPS) is 14.0. The van der Waals surface area contributed by atoms with Crippen LogP contribution in [-0.2, 0) is 17.9 Å². The van der Waals surface area contributed by atoms with Crippen molar-refractivity contribution >= 4 is 35.1 Å². The lowest BCUT2D eigenvalue weighted by atomic mass is 9.85. The van der Waals surface area contributed by atoms with E-state index in [4.69, 9.17) is 17.3 Å². The molecule has 0 unspecified atom stereocenters. The second kappa shape index (κ2) is 15.4. The first-order valence-corrected chi connectivity index (χ1v) is 15.8. The van der Waals surface area contributed by atoms with Gasteiger partial charge in [-0.15, -0.1) is 0 Å². The van der Waals surface area contributed by atoms with E-state index < -0.39 is 6.04 Å². The number of hydrogen-bond acceptors (Lipinski definition) is 5. The van der Waals surface area contributed by atoms with Crippen LogP contribution in [0.3, 0.4) is 0 Å². The van der Waals surface area contributed by atoms with E-state index in [0.29, 0.717) is 29.5 Å². The van der Waals surface area contributed by atoms with E-state index in [9.17, 15) is 14.4 Å². The fraction of sp³-hybridized carbons (Fsp3) is 0.314. The summed E-state index contributed by atoms with van der Waals surface area (Å²) in [4.78, 5) is 39.3. The van der Waals surface area contributed by atoms with E-state index in [1.807, 2.05) is 42.5 Å². The Labute approximate surface area is 268 Å². The van der Waals surface area contributed by atoms with Gasteiger partial charge in [0.2, 0.25) is 5.91 Å². The topological polar surface area (TPSA) is 131 Å². The molecule has 0 radical (unpaired) electrons. The molecule has 0 bridgehead atoms. The van der Waals surface area contributed by atoms with Gasteiger partial charge in [0.15, 0.2) is 0 Å². The maximum atomic E-state index is 13.2. The minimum absolute atomic E-state index is 0.205. The first kappa shape index (κ1) is 31.8. The number of carbonyl (C=O) groups is 3. The molecule has 1 aliphatic rings. The quantitative estimate of drug-likeness (QED) is 0.158. The van der Waals surface area contributed by atoms with Gasteiger partial charge in [-0.3, -0.25) is 14.4 Å². The summed E-state index contributed by atoms with van der Waals surface area (Å²) in [6.07, 6.45) is 8.99. The SMILES string of the molecule is Nc1c(C(=O)NCc2ccc(C(=O)N[C@@H](CCC3CCCCC3)C(=O)NCc3ccc(Cl)cc3)cc2)cnn1-c1ccccc1. The van der Waals surface area contributed by atoms with Crippen LogP contribution in [0.2, 0.25) is 5.02 Å². The molecule has 3 aromatic carbocycles. The van der Waals surface area contributed by atoms with Gasteiger partial charge < -0.3 is 21.7 Å². The smallest absolute Gasteiger partial charge is 0.256 e. The average Bonchev–Trinajstić information content (AvgIpc) is 3.47. The van der Waals surface area contributed by atoms with Gasteiger partial charge in [0, 0.05) is 23.7 Å². The monoisotopic (exact) mass is 626 g/mol. The van der Waals surface area contributed by atoms with Crippen LogP contribution in [0.4, 0.5) is 5.82 Å². The van der Waals surface area contributed by atoms with Gasteiger partial charge in [-0.05, 0) is 66.3 Å². The first-order chi connectivity index (χ1) is 21.9. The van der Waals surface area contributed by atoms with Crippen LogP contribution < -0.4 is 21.7 Å². The lowest BCUT2D eigenvalue weighted by molar-refractivity contribution is -0.123.